The van der Waals surface area contributed by atoms with E-state index in [-0.39, 0.29) is 11.8 Å². The van der Waals surface area contributed by atoms with E-state index in [0.717, 1.165) is 30.2 Å². The lowest BCUT2D eigenvalue weighted by Gasteiger charge is -2.19. The van der Waals surface area contributed by atoms with Crippen molar-refractivity contribution in [2.45, 2.75) is 58.3 Å². The Labute approximate surface area is 124 Å². The van der Waals surface area contributed by atoms with Gasteiger partial charge in [0, 0.05) is 11.8 Å². The van der Waals surface area contributed by atoms with Crippen molar-refractivity contribution in [3.63, 3.8) is 0 Å². The summed E-state index contributed by atoms with van der Waals surface area (Å²) in [6.45, 7) is 4.34. The van der Waals surface area contributed by atoms with Gasteiger partial charge in [-0.05, 0) is 43.9 Å². The molecule has 1 amide bonds. The number of aromatic nitrogens is 2. The molecule has 0 radical (unpaired) electrons. The van der Waals surface area contributed by atoms with Gasteiger partial charge in [-0.25, -0.2) is 0 Å². The SMILES string of the molecule is CCC(CC)c1nnc(NC(=O)C2CC3CCC2C3)s1. The van der Waals surface area contributed by atoms with Crippen LogP contribution >= 0.6 is 11.3 Å². The number of anilines is 1. The van der Waals surface area contributed by atoms with Crippen molar-refractivity contribution in [2.24, 2.45) is 17.8 Å². The van der Waals surface area contributed by atoms with Crippen molar-refractivity contribution in [2.75, 3.05) is 5.32 Å². The molecule has 3 rings (SSSR count). The van der Waals surface area contributed by atoms with E-state index >= 15 is 0 Å². The van der Waals surface area contributed by atoms with Gasteiger partial charge in [0.15, 0.2) is 0 Å². The maximum absolute atomic E-state index is 12.4. The van der Waals surface area contributed by atoms with Gasteiger partial charge in [-0.3, -0.25) is 4.79 Å². The van der Waals surface area contributed by atoms with Crippen LogP contribution in [-0.4, -0.2) is 16.1 Å². The van der Waals surface area contributed by atoms with Crippen molar-refractivity contribution in [1.29, 1.82) is 0 Å². The predicted molar refractivity (Wildman–Crippen MR) is 80.8 cm³/mol. The number of carbonyl (C=O) groups excluding carboxylic acids is 1. The quantitative estimate of drug-likeness (QED) is 0.898. The summed E-state index contributed by atoms with van der Waals surface area (Å²) in [6.07, 6.45) is 7.04. The van der Waals surface area contributed by atoms with Crippen molar-refractivity contribution in [3.8, 4) is 0 Å². The van der Waals surface area contributed by atoms with Crippen LogP contribution in [0.5, 0.6) is 0 Å². The fourth-order valence-corrected chi connectivity index (χ4v) is 4.86. The first kappa shape index (κ1) is 14.0. The molecule has 0 saturated heterocycles. The Hall–Kier alpha value is -0.970. The Morgan fingerprint density at radius 3 is 2.70 bits per heavy atom. The molecule has 110 valence electrons. The number of amides is 1. The Balaban J connectivity index is 1.62. The summed E-state index contributed by atoms with van der Waals surface area (Å²) in [5.74, 6) is 2.27. The Morgan fingerprint density at radius 1 is 1.30 bits per heavy atom. The average molecular weight is 293 g/mol. The summed E-state index contributed by atoms with van der Waals surface area (Å²) >= 11 is 1.54. The Kier molecular flexibility index (Phi) is 4.06. The van der Waals surface area contributed by atoms with Gasteiger partial charge in [0.05, 0.1) is 0 Å². The van der Waals surface area contributed by atoms with Crippen LogP contribution in [0, 0.1) is 17.8 Å². The number of carbonyl (C=O) groups is 1. The van der Waals surface area contributed by atoms with E-state index in [2.05, 4.69) is 29.4 Å². The van der Waals surface area contributed by atoms with Crippen molar-refractivity contribution in [1.82, 2.24) is 10.2 Å². The van der Waals surface area contributed by atoms with E-state index in [1.54, 1.807) is 11.3 Å². The molecule has 0 spiro atoms. The largest absolute Gasteiger partial charge is 0.300 e. The molecule has 1 aromatic rings. The molecule has 0 aromatic carbocycles. The van der Waals surface area contributed by atoms with Crippen LogP contribution < -0.4 is 5.32 Å². The third-order valence-corrected chi connectivity index (χ3v) is 6.08. The monoisotopic (exact) mass is 293 g/mol. The lowest BCUT2D eigenvalue weighted by Crippen LogP contribution is -2.27. The summed E-state index contributed by atoms with van der Waals surface area (Å²) < 4.78 is 0. The first-order valence-electron chi connectivity index (χ1n) is 7.85. The zero-order valence-corrected chi connectivity index (χ0v) is 13.1. The van der Waals surface area contributed by atoms with Gasteiger partial charge in [-0.15, -0.1) is 10.2 Å². The van der Waals surface area contributed by atoms with E-state index in [1.807, 2.05) is 0 Å². The van der Waals surface area contributed by atoms with E-state index in [1.165, 1.54) is 19.3 Å². The second-order valence-electron chi connectivity index (χ2n) is 6.23. The normalized spacial score (nSPS) is 28.2. The fourth-order valence-electron chi connectivity index (χ4n) is 3.85. The standard InChI is InChI=1S/C15H23N3OS/c1-3-10(4-2)14-17-18-15(20-14)16-13(19)12-8-9-5-6-11(12)7-9/h9-12H,3-8H2,1-2H3,(H,16,18,19). The molecule has 1 heterocycles. The van der Waals surface area contributed by atoms with E-state index in [4.69, 9.17) is 0 Å². The average Bonchev–Trinajstić information content (AvgIpc) is 3.16. The molecule has 1 N–H and O–H groups in total. The maximum Gasteiger partial charge on any atom is 0.229 e. The molecule has 20 heavy (non-hydrogen) atoms. The molecule has 2 fully saturated rings. The number of nitrogens with zero attached hydrogens (tertiary/aromatic N) is 2. The zero-order valence-electron chi connectivity index (χ0n) is 12.3. The molecule has 1 aromatic heterocycles. The number of hydrogen-bond donors (Lipinski definition) is 1. The molecule has 4 nitrogen and oxygen atoms in total. The van der Waals surface area contributed by atoms with Gasteiger partial charge >= 0.3 is 0 Å². The highest BCUT2D eigenvalue weighted by atomic mass is 32.1. The maximum atomic E-state index is 12.4. The first-order chi connectivity index (χ1) is 9.71. The predicted octanol–water partition coefficient (Wildman–Crippen LogP) is 3.82. The molecule has 3 atom stereocenters. The molecule has 0 aliphatic heterocycles. The minimum absolute atomic E-state index is 0.171. The summed E-state index contributed by atoms with van der Waals surface area (Å²) in [5, 5.41) is 13.1. The van der Waals surface area contributed by atoms with Crippen molar-refractivity contribution < 1.29 is 4.79 Å². The molecule has 2 bridgehead atoms. The van der Waals surface area contributed by atoms with Crippen LogP contribution in [0.2, 0.25) is 0 Å². The van der Waals surface area contributed by atoms with Crippen LogP contribution in [0.15, 0.2) is 0 Å². The molecule has 2 aliphatic rings. The third-order valence-electron chi connectivity index (χ3n) is 5.08. The highest BCUT2D eigenvalue weighted by molar-refractivity contribution is 7.15. The second-order valence-corrected chi connectivity index (χ2v) is 7.24. The summed E-state index contributed by atoms with van der Waals surface area (Å²) in [7, 11) is 0. The van der Waals surface area contributed by atoms with E-state index in [9.17, 15) is 4.79 Å². The smallest absolute Gasteiger partial charge is 0.229 e. The molecule has 3 unspecified atom stereocenters. The lowest BCUT2D eigenvalue weighted by atomic mass is 9.88. The van der Waals surface area contributed by atoms with Crippen molar-refractivity contribution >= 4 is 22.4 Å². The summed E-state index contributed by atoms with van der Waals surface area (Å²) in [4.78, 5) is 12.4. The molecular weight excluding hydrogens is 270 g/mol. The third kappa shape index (κ3) is 2.60. The van der Waals surface area contributed by atoms with Gasteiger partial charge in [0.25, 0.3) is 0 Å². The second kappa shape index (κ2) is 5.80. The van der Waals surface area contributed by atoms with Crippen LogP contribution in [0.4, 0.5) is 5.13 Å². The minimum atomic E-state index is 0.171. The van der Waals surface area contributed by atoms with Gasteiger partial charge in [-0.1, -0.05) is 31.6 Å². The lowest BCUT2D eigenvalue weighted by molar-refractivity contribution is -0.121. The molecule has 2 aliphatic carbocycles. The number of nitrogens with one attached hydrogen (secondary N) is 1. The Bertz CT molecular complexity index is 483. The minimum Gasteiger partial charge on any atom is -0.300 e. The van der Waals surface area contributed by atoms with Gasteiger partial charge in [-0.2, -0.15) is 0 Å². The number of fused-ring (bicyclic) bond motifs is 2. The highest BCUT2D eigenvalue weighted by Crippen LogP contribution is 2.48. The zero-order chi connectivity index (χ0) is 14.1. The highest BCUT2D eigenvalue weighted by Gasteiger charge is 2.43. The number of hydrogen-bond acceptors (Lipinski definition) is 4. The van der Waals surface area contributed by atoms with Gasteiger partial charge < -0.3 is 5.32 Å². The molecule has 2 saturated carbocycles. The fraction of sp³-hybridized carbons (Fsp3) is 0.800. The van der Waals surface area contributed by atoms with Crippen LogP contribution in [-0.2, 0) is 4.79 Å². The van der Waals surface area contributed by atoms with Gasteiger partial charge in [0.1, 0.15) is 5.01 Å². The van der Waals surface area contributed by atoms with Crippen molar-refractivity contribution in [3.05, 3.63) is 5.01 Å². The number of rotatable bonds is 5. The van der Waals surface area contributed by atoms with E-state index in [0.29, 0.717) is 17.0 Å². The first-order valence-corrected chi connectivity index (χ1v) is 8.67. The summed E-state index contributed by atoms with van der Waals surface area (Å²) in [6, 6.07) is 0. The van der Waals surface area contributed by atoms with Crippen LogP contribution in [0.3, 0.4) is 0 Å². The topological polar surface area (TPSA) is 54.9 Å². The molecule has 5 heteroatoms. The van der Waals surface area contributed by atoms with Crippen LogP contribution in [0.25, 0.3) is 0 Å². The summed E-state index contributed by atoms with van der Waals surface area (Å²) in [5.41, 5.74) is 0. The van der Waals surface area contributed by atoms with Gasteiger partial charge in [0.2, 0.25) is 11.0 Å². The van der Waals surface area contributed by atoms with Crippen LogP contribution in [0.1, 0.15) is 63.3 Å². The Morgan fingerprint density at radius 2 is 2.10 bits per heavy atom. The molecular formula is C15H23N3OS. The van der Waals surface area contributed by atoms with E-state index < -0.39 is 0 Å².